The normalized spacial score (nSPS) is 10.4. The van der Waals surface area contributed by atoms with Gasteiger partial charge in [0.25, 0.3) is 0 Å². The van der Waals surface area contributed by atoms with E-state index in [0.29, 0.717) is 12.2 Å². The smallest absolute Gasteiger partial charge is 0.371 e. The molecule has 0 bridgehead atoms. The van der Waals surface area contributed by atoms with Crippen molar-refractivity contribution in [2.24, 2.45) is 0 Å². The van der Waals surface area contributed by atoms with Crippen molar-refractivity contribution in [2.75, 3.05) is 0 Å². The summed E-state index contributed by atoms with van der Waals surface area (Å²) in [7, 11) is 0. The van der Waals surface area contributed by atoms with Crippen LogP contribution >= 0.6 is 0 Å². The Morgan fingerprint density at radius 2 is 2.27 bits per heavy atom. The van der Waals surface area contributed by atoms with E-state index in [0.717, 1.165) is 5.57 Å². The third-order valence-electron chi connectivity index (χ3n) is 1.74. The van der Waals surface area contributed by atoms with Crippen LogP contribution in [0.15, 0.2) is 53.5 Å². The Bertz CT molecular complexity index is 410. The topological polar surface area (TPSA) is 50.4 Å². The zero-order valence-electron chi connectivity index (χ0n) is 8.27. The molecule has 78 valence electrons. The number of allylic oxidation sites excluding steroid dienone is 4. The maximum atomic E-state index is 10.5. The van der Waals surface area contributed by atoms with Crippen LogP contribution in [0, 0.1) is 0 Å². The monoisotopic (exact) mass is 204 g/mol. The number of aromatic carboxylic acids is 1. The zero-order valence-corrected chi connectivity index (χ0v) is 8.27. The second-order valence-electron chi connectivity index (χ2n) is 3.00. The van der Waals surface area contributed by atoms with Gasteiger partial charge in [0, 0.05) is 6.42 Å². The van der Waals surface area contributed by atoms with Gasteiger partial charge in [0.05, 0.1) is 0 Å². The van der Waals surface area contributed by atoms with Crippen LogP contribution in [0.25, 0.3) is 0 Å². The highest BCUT2D eigenvalue weighted by molar-refractivity contribution is 5.84. The van der Waals surface area contributed by atoms with Crippen molar-refractivity contribution in [3.05, 3.63) is 60.6 Å². The highest BCUT2D eigenvalue weighted by Crippen LogP contribution is 2.12. The summed E-state index contributed by atoms with van der Waals surface area (Å²) in [5, 5.41) is 8.63. The molecule has 0 amide bonds. The van der Waals surface area contributed by atoms with Gasteiger partial charge in [-0.15, -0.1) is 0 Å². The summed E-state index contributed by atoms with van der Waals surface area (Å²) in [6, 6.07) is 3.07. The molecular weight excluding hydrogens is 192 g/mol. The molecule has 0 aliphatic heterocycles. The number of hydrogen-bond donors (Lipinski definition) is 1. The van der Waals surface area contributed by atoms with E-state index in [2.05, 4.69) is 13.2 Å². The molecule has 3 nitrogen and oxygen atoms in total. The quantitative estimate of drug-likeness (QED) is 0.750. The summed E-state index contributed by atoms with van der Waals surface area (Å²) in [6.45, 7) is 7.34. The first kappa shape index (κ1) is 11.0. The summed E-state index contributed by atoms with van der Waals surface area (Å²) in [5.41, 5.74) is 0.834. The molecular formula is C12H12O3. The lowest BCUT2D eigenvalue weighted by Gasteiger charge is -1.95. The van der Waals surface area contributed by atoms with Gasteiger partial charge in [-0.1, -0.05) is 31.4 Å². The fourth-order valence-corrected chi connectivity index (χ4v) is 1.07. The van der Waals surface area contributed by atoms with Gasteiger partial charge < -0.3 is 9.52 Å². The highest BCUT2D eigenvalue weighted by Gasteiger charge is 2.08. The number of carboxylic acids is 1. The molecule has 0 fully saturated rings. The van der Waals surface area contributed by atoms with Crippen LogP contribution in [0.5, 0.6) is 0 Å². The molecule has 0 atom stereocenters. The summed E-state index contributed by atoms with van der Waals surface area (Å²) in [6.07, 6.45) is 5.72. The van der Waals surface area contributed by atoms with Crippen molar-refractivity contribution in [3.8, 4) is 0 Å². The SMILES string of the molecule is C=C/C=C\C(=C)Cc1ccc(C(=O)O)o1. The maximum Gasteiger partial charge on any atom is 0.371 e. The Balaban J connectivity index is 2.65. The van der Waals surface area contributed by atoms with Crippen LogP contribution in [0.3, 0.4) is 0 Å². The lowest BCUT2D eigenvalue weighted by molar-refractivity contribution is 0.0660. The molecule has 1 aromatic heterocycles. The summed E-state index contributed by atoms with van der Waals surface area (Å²) < 4.78 is 5.08. The van der Waals surface area contributed by atoms with E-state index < -0.39 is 5.97 Å². The number of carboxylic acid groups (broad SMARTS) is 1. The van der Waals surface area contributed by atoms with Gasteiger partial charge in [-0.25, -0.2) is 4.79 Å². The Labute approximate surface area is 88.0 Å². The lowest BCUT2D eigenvalue weighted by Crippen LogP contribution is -1.92. The van der Waals surface area contributed by atoms with Crippen molar-refractivity contribution in [1.82, 2.24) is 0 Å². The molecule has 0 unspecified atom stereocenters. The predicted octanol–water partition coefficient (Wildman–Crippen LogP) is 2.82. The van der Waals surface area contributed by atoms with E-state index in [1.807, 2.05) is 0 Å². The fraction of sp³-hybridized carbons (Fsp3) is 0.0833. The van der Waals surface area contributed by atoms with Crippen LogP contribution < -0.4 is 0 Å². The Hall–Kier alpha value is -2.03. The van der Waals surface area contributed by atoms with E-state index in [1.54, 1.807) is 24.3 Å². The second-order valence-corrected chi connectivity index (χ2v) is 3.00. The van der Waals surface area contributed by atoms with Gasteiger partial charge >= 0.3 is 5.97 Å². The number of carbonyl (C=O) groups is 1. The van der Waals surface area contributed by atoms with E-state index in [9.17, 15) is 4.79 Å². The molecule has 3 heteroatoms. The molecule has 0 saturated carbocycles. The molecule has 0 aromatic carbocycles. The van der Waals surface area contributed by atoms with Crippen molar-refractivity contribution >= 4 is 5.97 Å². The summed E-state index contributed by atoms with van der Waals surface area (Å²) in [5.74, 6) is -0.523. The molecule has 0 saturated heterocycles. The third-order valence-corrected chi connectivity index (χ3v) is 1.74. The van der Waals surface area contributed by atoms with Crippen molar-refractivity contribution in [3.63, 3.8) is 0 Å². The molecule has 1 heterocycles. The predicted molar refractivity (Wildman–Crippen MR) is 57.8 cm³/mol. The summed E-state index contributed by atoms with van der Waals surface area (Å²) >= 11 is 0. The molecule has 1 N–H and O–H groups in total. The van der Waals surface area contributed by atoms with Crippen LogP contribution in [-0.4, -0.2) is 11.1 Å². The molecule has 0 spiro atoms. The third kappa shape index (κ3) is 3.31. The Morgan fingerprint density at radius 1 is 1.53 bits per heavy atom. The fourth-order valence-electron chi connectivity index (χ4n) is 1.07. The highest BCUT2D eigenvalue weighted by atomic mass is 16.4. The van der Waals surface area contributed by atoms with Crippen LogP contribution in [0.4, 0.5) is 0 Å². The standard InChI is InChI=1S/C12H12O3/c1-3-4-5-9(2)8-10-6-7-11(15-10)12(13)14/h3-7H,1-2,8H2,(H,13,14)/b5-4-. The van der Waals surface area contributed by atoms with Gasteiger partial charge in [-0.3, -0.25) is 0 Å². The first-order valence-corrected chi connectivity index (χ1v) is 4.42. The molecule has 0 aliphatic carbocycles. The Kier molecular flexibility index (Phi) is 3.68. The van der Waals surface area contributed by atoms with Crippen molar-refractivity contribution < 1.29 is 14.3 Å². The van der Waals surface area contributed by atoms with Crippen molar-refractivity contribution in [2.45, 2.75) is 6.42 Å². The van der Waals surface area contributed by atoms with Crippen molar-refractivity contribution in [1.29, 1.82) is 0 Å². The van der Waals surface area contributed by atoms with E-state index in [-0.39, 0.29) is 5.76 Å². The number of rotatable bonds is 5. The van der Waals surface area contributed by atoms with E-state index in [4.69, 9.17) is 9.52 Å². The van der Waals surface area contributed by atoms with Crippen LogP contribution in [0.2, 0.25) is 0 Å². The molecule has 0 aliphatic rings. The van der Waals surface area contributed by atoms with Gasteiger partial charge in [0.2, 0.25) is 5.76 Å². The zero-order chi connectivity index (χ0) is 11.3. The molecule has 1 aromatic rings. The van der Waals surface area contributed by atoms with Gasteiger partial charge in [0.1, 0.15) is 5.76 Å². The van der Waals surface area contributed by atoms with Gasteiger partial charge in [0.15, 0.2) is 0 Å². The lowest BCUT2D eigenvalue weighted by atomic mass is 10.1. The summed E-state index contributed by atoms with van der Waals surface area (Å²) in [4.78, 5) is 10.5. The Morgan fingerprint density at radius 3 is 2.80 bits per heavy atom. The van der Waals surface area contributed by atoms with Gasteiger partial charge in [-0.2, -0.15) is 0 Å². The number of furan rings is 1. The first-order valence-electron chi connectivity index (χ1n) is 4.42. The van der Waals surface area contributed by atoms with Crippen LogP contribution in [-0.2, 0) is 6.42 Å². The first-order chi connectivity index (χ1) is 7.13. The second kappa shape index (κ2) is 5.00. The molecule has 15 heavy (non-hydrogen) atoms. The minimum Gasteiger partial charge on any atom is -0.475 e. The number of hydrogen-bond acceptors (Lipinski definition) is 2. The van der Waals surface area contributed by atoms with Gasteiger partial charge in [-0.05, 0) is 17.7 Å². The largest absolute Gasteiger partial charge is 0.475 e. The van der Waals surface area contributed by atoms with E-state index >= 15 is 0 Å². The van der Waals surface area contributed by atoms with Crippen LogP contribution in [0.1, 0.15) is 16.3 Å². The van der Waals surface area contributed by atoms with E-state index in [1.165, 1.54) is 6.07 Å². The molecule has 0 radical (unpaired) electrons. The average Bonchev–Trinajstić information content (AvgIpc) is 2.63. The average molecular weight is 204 g/mol. The maximum absolute atomic E-state index is 10.5. The minimum absolute atomic E-state index is 0.0505. The molecule has 1 rings (SSSR count). The minimum atomic E-state index is -1.06.